The molecule has 1 aliphatic carbocycles. The van der Waals surface area contributed by atoms with Gasteiger partial charge in [0.2, 0.25) is 0 Å². The van der Waals surface area contributed by atoms with Gasteiger partial charge in [-0.3, -0.25) is 9.69 Å². The number of ether oxygens (including phenoxy) is 2. The molecule has 2 fully saturated rings. The zero-order valence-electron chi connectivity index (χ0n) is 15.7. The van der Waals surface area contributed by atoms with Crippen molar-refractivity contribution in [2.24, 2.45) is 0 Å². The SMILES string of the molecule is O=C(CCN1CCOCC1)O[C@H]1CCCC[C@H]1S(=O)(=O)Cc1ccccc1. The van der Waals surface area contributed by atoms with E-state index in [1.165, 1.54) is 0 Å². The summed E-state index contributed by atoms with van der Waals surface area (Å²) < 4.78 is 36.8. The summed E-state index contributed by atoms with van der Waals surface area (Å²) in [5, 5.41) is -0.598. The maximum atomic E-state index is 12.9. The highest BCUT2D eigenvalue weighted by atomic mass is 32.2. The highest BCUT2D eigenvalue weighted by Crippen LogP contribution is 2.29. The zero-order valence-corrected chi connectivity index (χ0v) is 16.5. The molecule has 1 aromatic carbocycles. The Morgan fingerprint density at radius 2 is 1.81 bits per heavy atom. The number of hydrogen-bond acceptors (Lipinski definition) is 6. The van der Waals surface area contributed by atoms with E-state index in [4.69, 9.17) is 9.47 Å². The van der Waals surface area contributed by atoms with Crippen LogP contribution < -0.4 is 0 Å². The largest absolute Gasteiger partial charge is 0.461 e. The smallest absolute Gasteiger partial charge is 0.307 e. The fourth-order valence-electron chi connectivity index (χ4n) is 3.82. The molecule has 2 aliphatic rings. The van der Waals surface area contributed by atoms with E-state index in [2.05, 4.69) is 4.90 Å². The standard InChI is InChI=1S/C20H29NO5S/c22-20(10-11-21-12-14-25-15-13-21)26-18-8-4-5-9-19(18)27(23,24)16-17-6-2-1-3-7-17/h1-3,6-7,18-19H,4-5,8-16H2/t18-,19+/m0/s1. The molecule has 0 unspecified atom stereocenters. The summed E-state index contributed by atoms with van der Waals surface area (Å²) in [5.74, 6) is -0.298. The molecular formula is C20H29NO5S. The summed E-state index contributed by atoms with van der Waals surface area (Å²) in [6.45, 7) is 3.67. The van der Waals surface area contributed by atoms with E-state index in [1.54, 1.807) is 0 Å². The van der Waals surface area contributed by atoms with Gasteiger partial charge in [0.1, 0.15) is 6.10 Å². The molecule has 7 heteroatoms. The van der Waals surface area contributed by atoms with Crippen LogP contribution in [0, 0.1) is 0 Å². The fourth-order valence-corrected chi connectivity index (χ4v) is 5.88. The summed E-state index contributed by atoms with van der Waals surface area (Å²) in [6.07, 6.45) is 2.73. The predicted molar refractivity (Wildman–Crippen MR) is 103 cm³/mol. The van der Waals surface area contributed by atoms with E-state index in [0.29, 0.717) is 39.0 Å². The minimum atomic E-state index is -3.37. The van der Waals surface area contributed by atoms with Crippen molar-refractivity contribution in [1.82, 2.24) is 4.90 Å². The summed E-state index contributed by atoms with van der Waals surface area (Å²) >= 11 is 0. The van der Waals surface area contributed by atoms with E-state index < -0.39 is 21.2 Å². The van der Waals surface area contributed by atoms with Gasteiger partial charge in [-0.15, -0.1) is 0 Å². The zero-order chi connectivity index (χ0) is 19.1. The van der Waals surface area contributed by atoms with Crippen molar-refractivity contribution in [2.45, 2.75) is 49.2 Å². The van der Waals surface area contributed by atoms with Crippen LogP contribution in [0.4, 0.5) is 0 Å². The molecule has 1 heterocycles. The van der Waals surface area contributed by atoms with Crippen molar-refractivity contribution in [1.29, 1.82) is 0 Å². The molecule has 0 N–H and O–H groups in total. The molecule has 0 bridgehead atoms. The van der Waals surface area contributed by atoms with Gasteiger partial charge in [-0.25, -0.2) is 8.42 Å². The molecule has 1 aliphatic heterocycles. The van der Waals surface area contributed by atoms with Gasteiger partial charge in [0.05, 0.1) is 30.6 Å². The Bertz CT molecular complexity index is 700. The van der Waals surface area contributed by atoms with Gasteiger partial charge in [-0.2, -0.15) is 0 Å². The molecule has 0 spiro atoms. The van der Waals surface area contributed by atoms with Gasteiger partial charge in [0, 0.05) is 19.6 Å². The topological polar surface area (TPSA) is 72.9 Å². The van der Waals surface area contributed by atoms with Crippen LogP contribution in [0.2, 0.25) is 0 Å². The Morgan fingerprint density at radius 1 is 1.11 bits per heavy atom. The molecule has 0 radical (unpaired) electrons. The maximum Gasteiger partial charge on any atom is 0.307 e. The highest BCUT2D eigenvalue weighted by molar-refractivity contribution is 7.91. The van der Waals surface area contributed by atoms with Gasteiger partial charge >= 0.3 is 5.97 Å². The lowest BCUT2D eigenvalue weighted by Crippen LogP contribution is -2.41. The lowest BCUT2D eigenvalue weighted by Gasteiger charge is -2.31. The predicted octanol–water partition coefficient (Wildman–Crippen LogP) is 2.18. The Hall–Kier alpha value is -1.44. The number of carbonyl (C=O) groups is 1. The number of sulfone groups is 1. The first-order valence-corrected chi connectivity index (χ1v) is 11.5. The molecular weight excluding hydrogens is 366 g/mol. The Balaban J connectivity index is 1.56. The maximum absolute atomic E-state index is 12.9. The fraction of sp³-hybridized carbons (Fsp3) is 0.650. The van der Waals surface area contributed by atoms with Crippen molar-refractivity contribution in [3.63, 3.8) is 0 Å². The molecule has 6 nitrogen and oxygen atoms in total. The third-order valence-corrected chi connectivity index (χ3v) is 7.53. The number of morpholine rings is 1. The monoisotopic (exact) mass is 395 g/mol. The minimum absolute atomic E-state index is 0.000332. The Kier molecular flexibility index (Phi) is 7.26. The summed E-state index contributed by atoms with van der Waals surface area (Å²) in [6, 6.07) is 9.20. The van der Waals surface area contributed by atoms with Crippen molar-refractivity contribution in [2.75, 3.05) is 32.8 Å². The van der Waals surface area contributed by atoms with Gasteiger partial charge in [-0.1, -0.05) is 36.8 Å². The summed E-state index contributed by atoms with van der Waals surface area (Å²) in [4.78, 5) is 14.5. The van der Waals surface area contributed by atoms with Crippen LogP contribution in [-0.4, -0.2) is 63.5 Å². The lowest BCUT2D eigenvalue weighted by molar-refractivity contribution is -0.150. The van der Waals surface area contributed by atoms with Gasteiger partial charge < -0.3 is 9.47 Å². The number of esters is 1. The first kappa shape index (κ1) is 20.3. The molecule has 27 heavy (non-hydrogen) atoms. The number of nitrogens with zero attached hydrogens (tertiary/aromatic N) is 1. The molecule has 0 aromatic heterocycles. The van der Waals surface area contributed by atoms with Gasteiger partial charge in [-0.05, 0) is 24.8 Å². The van der Waals surface area contributed by atoms with Crippen LogP contribution >= 0.6 is 0 Å². The Labute approximate surface area is 161 Å². The minimum Gasteiger partial charge on any atom is -0.461 e. The quantitative estimate of drug-likeness (QED) is 0.659. The Morgan fingerprint density at radius 3 is 2.56 bits per heavy atom. The number of benzene rings is 1. The summed E-state index contributed by atoms with van der Waals surface area (Å²) in [7, 11) is -3.37. The van der Waals surface area contributed by atoms with E-state index in [0.717, 1.165) is 31.5 Å². The first-order chi connectivity index (χ1) is 13.0. The highest BCUT2D eigenvalue weighted by Gasteiger charge is 2.37. The van der Waals surface area contributed by atoms with Crippen LogP contribution in [0.3, 0.4) is 0 Å². The average molecular weight is 396 g/mol. The first-order valence-electron chi connectivity index (χ1n) is 9.80. The van der Waals surface area contributed by atoms with Crippen LogP contribution in [0.25, 0.3) is 0 Å². The third kappa shape index (κ3) is 6.02. The van der Waals surface area contributed by atoms with Gasteiger partial charge in [0.15, 0.2) is 9.84 Å². The van der Waals surface area contributed by atoms with Crippen LogP contribution in [-0.2, 0) is 29.9 Å². The van der Waals surface area contributed by atoms with E-state index >= 15 is 0 Å². The lowest BCUT2D eigenvalue weighted by atomic mass is 9.97. The van der Waals surface area contributed by atoms with Crippen LogP contribution in [0.1, 0.15) is 37.7 Å². The van der Waals surface area contributed by atoms with Crippen molar-refractivity contribution >= 4 is 15.8 Å². The number of carbonyl (C=O) groups excluding carboxylic acids is 1. The average Bonchev–Trinajstić information content (AvgIpc) is 2.68. The van der Waals surface area contributed by atoms with Crippen LogP contribution in [0.5, 0.6) is 0 Å². The normalized spacial score (nSPS) is 24.4. The van der Waals surface area contributed by atoms with Crippen LogP contribution in [0.15, 0.2) is 30.3 Å². The number of hydrogen-bond donors (Lipinski definition) is 0. The molecule has 1 saturated heterocycles. The second-order valence-corrected chi connectivity index (χ2v) is 9.57. The second kappa shape index (κ2) is 9.66. The van der Waals surface area contributed by atoms with E-state index in [1.807, 2.05) is 30.3 Å². The molecule has 1 aromatic rings. The molecule has 1 saturated carbocycles. The third-order valence-electron chi connectivity index (χ3n) is 5.33. The molecule has 0 amide bonds. The second-order valence-electron chi connectivity index (χ2n) is 7.35. The summed E-state index contributed by atoms with van der Waals surface area (Å²) in [5.41, 5.74) is 0.778. The van der Waals surface area contributed by atoms with Crippen molar-refractivity contribution < 1.29 is 22.7 Å². The molecule has 150 valence electrons. The van der Waals surface area contributed by atoms with Gasteiger partial charge in [0.25, 0.3) is 0 Å². The van der Waals surface area contributed by atoms with Crippen molar-refractivity contribution in [3.05, 3.63) is 35.9 Å². The van der Waals surface area contributed by atoms with E-state index in [-0.39, 0.29) is 11.7 Å². The van der Waals surface area contributed by atoms with E-state index in [9.17, 15) is 13.2 Å². The van der Waals surface area contributed by atoms with Crippen molar-refractivity contribution in [3.8, 4) is 0 Å². The molecule has 3 rings (SSSR count). The molecule has 2 atom stereocenters. The number of rotatable bonds is 7.